The number of hydrazone groups is 1. The Hall–Kier alpha value is -2.11. The minimum atomic E-state index is -0.521. The average Bonchev–Trinajstić information content (AvgIpc) is 2.16. The van der Waals surface area contributed by atoms with E-state index in [1.54, 1.807) is 14.1 Å². The van der Waals surface area contributed by atoms with Crippen molar-refractivity contribution >= 4 is 11.9 Å². The number of phenolic OH excluding ortho intramolecular Hbond substituents is 1. The zero-order valence-electron chi connectivity index (χ0n) is 8.41. The van der Waals surface area contributed by atoms with Crippen LogP contribution in [0.2, 0.25) is 0 Å². The molecular formula is C9H11N3O3. The zero-order valence-corrected chi connectivity index (χ0v) is 8.41. The van der Waals surface area contributed by atoms with Gasteiger partial charge in [-0.05, 0) is 6.07 Å². The third-order valence-corrected chi connectivity index (χ3v) is 1.65. The van der Waals surface area contributed by atoms with E-state index in [0.717, 1.165) is 0 Å². The Labute approximate surface area is 86.6 Å². The van der Waals surface area contributed by atoms with Gasteiger partial charge in [-0.1, -0.05) is 0 Å². The van der Waals surface area contributed by atoms with Gasteiger partial charge in [0.25, 0.3) is 5.69 Å². The standard InChI is InChI=1S/C9H11N3O3/c1-11(2)10-6-7-5-8(12(14)15)3-4-9(7)13/h3-6,13H,1-2H3/b10-6+. The largest absolute Gasteiger partial charge is 0.507 e. The maximum absolute atomic E-state index is 10.5. The fraction of sp³-hybridized carbons (Fsp3) is 0.222. The molecule has 0 aliphatic carbocycles. The van der Waals surface area contributed by atoms with Crippen LogP contribution in [0.25, 0.3) is 0 Å². The summed E-state index contributed by atoms with van der Waals surface area (Å²) >= 11 is 0. The van der Waals surface area contributed by atoms with Crippen LogP contribution in [0.5, 0.6) is 5.75 Å². The van der Waals surface area contributed by atoms with E-state index < -0.39 is 4.92 Å². The van der Waals surface area contributed by atoms with Gasteiger partial charge in [0.2, 0.25) is 0 Å². The van der Waals surface area contributed by atoms with Crippen molar-refractivity contribution in [3.63, 3.8) is 0 Å². The Morgan fingerprint density at radius 2 is 2.20 bits per heavy atom. The van der Waals surface area contributed by atoms with Crippen LogP contribution in [-0.4, -0.2) is 35.3 Å². The van der Waals surface area contributed by atoms with Gasteiger partial charge in [0.15, 0.2) is 0 Å². The number of hydrogen-bond acceptors (Lipinski definition) is 5. The van der Waals surface area contributed by atoms with Crippen molar-refractivity contribution in [2.45, 2.75) is 0 Å². The Bertz CT molecular complexity index is 402. The van der Waals surface area contributed by atoms with Gasteiger partial charge in [0.05, 0.1) is 11.1 Å². The fourth-order valence-electron chi connectivity index (χ4n) is 0.937. The van der Waals surface area contributed by atoms with Gasteiger partial charge < -0.3 is 10.1 Å². The summed E-state index contributed by atoms with van der Waals surface area (Å²) in [7, 11) is 3.43. The van der Waals surface area contributed by atoms with Crippen LogP contribution in [0, 0.1) is 10.1 Å². The Morgan fingerprint density at radius 3 is 2.73 bits per heavy atom. The molecule has 1 aromatic carbocycles. The average molecular weight is 209 g/mol. The van der Waals surface area contributed by atoms with E-state index >= 15 is 0 Å². The van der Waals surface area contributed by atoms with Crippen LogP contribution in [0.1, 0.15) is 5.56 Å². The highest BCUT2D eigenvalue weighted by Crippen LogP contribution is 2.21. The lowest BCUT2D eigenvalue weighted by Crippen LogP contribution is -2.02. The molecular weight excluding hydrogens is 198 g/mol. The van der Waals surface area contributed by atoms with Gasteiger partial charge in [0, 0.05) is 31.8 Å². The molecule has 0 heterocycles. The van der Waals surface area contributed by atoms with E-state index in [2.05, 4.69) is 5.10 Å². The van der Waals surface area contributed by atoms with E-state index in [1.165, 1.54) is 29.4 Å². The van der Waals surface area contributed by atoms with Crippen molar-refractivity contribution in [3.8, 4) is 5.75 Å². The van der Waals surface area contributed by atoms with Crippen LogP contribution in [0.15, 0.2) is 23.3 Å². The SMILES string of the molecule is CN(C)/N=C/c1cc([N+](=O)[O-])ccc1O. The van der Waals surface area contributed by atoms with E-state index in [-0.39, 0.29) is 11.4 Å². The summed E-state index contributed by atoms with van der Waals surface area (Å²) in [6.07, 6.45) is 1.36. The Morgan fingerprint density at radius 1 is 1.53 bits per heavy atom. The smallest absolute Gasteiger partial charge is 0.270 e. The first-order valence-electron chi connectivity index (χ1n) is 4.19. The molecule has 0 amide bonds. The number of benzene rings is 1. The maximum Gasteiger partial charge on any atom is 0.270 e. The molecule has 1 rings (SSSR count). The molecule has 1 aromatic rings. The molecule has 80 valence electrons. The highest BCUT2D eigenvalue weighted by molar-refractivity contribution is 5.84. The number of phenols is 1. The normalized spacial score (nSPS) is 10.5. The topological polar surface area (TPSA) is 79.0 Å². The van der Waals surface area contributed by atoms with E-state index in [0.29, 0.717) is 5.56 Å². The van der Waals surface area contributed by atoms with Crippen LogP contribution >= 0.6 is 0 Å². The molecule has 0 atom stereocenters. The van der Waals surface area contributed by atoms with Gasteiger partial charge in [-0.15, -0.1) is 0 Å². The van der Waals surface area contributed by atoms with Crippen molar-refractivity contribution in [1.82, 2.24) is 5.01 Å². The first-order chi connectivity index (χ1) is 7.00. The highest BCUT2D eigenvalue weighted by Gasteiger charge is 2.08. The summed E-state index contributed by atoms with van der Waals surface area (Å²) in [6, 6.07) is 3.78. The van der Waals surface area contributed by atoms with Crippen molar-refractivity contribution in [2.75, 3.05) is 14.1 Å². The van der Waals surface area contributed by atoms with Gasteiger partial charge in [-0.2, -0.15) is 5.10 Å². The lowest BCUT2D eigenvalue weighted by molar-refractivity contribution is -0.384. The van der Waals surface area contributed by atoms with Crippen molar-refractivity contribution in [3.05, 3.63) is 33.9 Å². The summed E-state index contributed by atoms with van der Waals surface area (Å²) in [4.78, 5) is 9.95. The number of nitro groups is 1. The number of nitrogens with zero attached hydrogens (tertiary/aromatic N) is 3. The van der Waals surface area contributed by atoms with Gasteiger partial charge >= 0.3 is 0 Å². The maximum atomic E-state index is 10.5. The predicted molar refractivity (Wildman–Crippen MR) is 56.0 cm³/mol. The van der Waals surface area contributed by atoms with Gasteiger partial charge in [0.1, 0.15) is 5.75 Å². The fourth-order valence-corrected chi connectivity index (χ4v) is 0.937. The molecule has 0 unspecified atom stereocenters. The van der Waals surface area contributed by atoms with Crippen LogP contribution in [0.4, 0.5) is 5.69 Å². The van der Waals surface area contributed by atoms with Gasteiger partial charge in [-0.3, -0.25) is 10.1 Å². The van der Waals surface area contributed by atoms with Crippen molar-refractivity contribution in [2.24, 2.45) is 5.10 Å². The number of rotatable bonds is 3. The molecule has 15 heavy (non-hydrogen) atoms. The first-order valence-corrected chi connectivity index (χ1v) is 4.19. The first kappa shape index (κ1) is 11.0. The molecule has 6 nitrogen and oxygen atoms in total. The minimum absolute atomic E-state index is 0.0359. The summed E-state index contributed by atoms with van der Waals surface area (Å²) in [5.74, 6) is -0.0359. The molecule has 0 aliphatic rings. The molecule has 0 spiro atoms. The Kier molecular flexibility index (Phi) is 3.22. The highest BCUT2D eigenvalue weighted by atomic mass is 16.6. The summed E-state index contributed by atoms with van der Waals surface area (Å²) in [5.41, 5.74) is 0.242. The number of hydrogen-bond donors (Lipinski definition) is 1. The lowest BCUT2D eigenvalue weighted by atomic mass is 10.2. The molecule has 0 saturated heterocycles. The third kappa shape index (κ3) is 2.94. The molecule has 0 bridgehead atoms. The second-order valence-corrected chi connectivity index (χ2v) is 3.09. The molecule has 1 N–H and O–H groups in total. The van der Waals surface area contributed by atoms with E-state index in [4.69, 9.17) is 0 Å². The van der Waals surface area contributed by atoms with Crippen LogP contribution < -0.4 is 0 Å². The summed E-state index contributed by atoms with van der Waals surface area (Å²) < 4.78 is 0. The molecule has 0 aliphatic heterocycles. The predicted octanol–water partition coefficient (Wildman–Crippen LogP) is 1.20. The molecule has 0 fully saturated rings. The van der Waals surface area contributed by atoms with Gasteiger partial charge in [-0.25, -0.2) is 0 Å². The van der Waals surface area contributed by atoms with E-state index in [9.17, 15) is 15.2 Å². The summed E-state index contributed by atoms with van der Waals surface area (Å²) in [5, 5.41) is 25.3. The third-order valence-electron chi connectivity index (χ3n) is 1.65. The summed E-state index contributed by atoms with van der Waals surface area (Å²) in [6.45, 7) is 0. The van der Waals surface area contributed by atoms with Crippen LogP contribution in [-0.2, 0) is 0 Å². The molecule has 0 aromatic heterocycles. The van der Waals surface area contributed by atoms with Crippen molar-refractivity contribution in [1.29, 1.82) is 0 Å². The second kappa shape index (κ2) is 4.41. The number of nitro benzene ring substituents is 1. The van der Waals surface area contributed by atoms with Crippen LogP contribution in [0.3, 0.4) is 0 Å². The number of non-ortho nitro benzene ring substituents is 1. The quantitative estimate of drug-likeness (QED) is 0.460. The molecule has 0 saturated carbocycles. The lowest BCUT2D eigenvalue weighted by Gasteiger charge is -2.03. The van der Waals surface area contributed by atoms with E-state index in [1.807, 2.05) is 0 Å². The minimum Gasteiger partial charge on any atom is -0.507 e. The van der Waals surface area contributed by atoms with Crippen molar-refractivity contribution < 1.29 is 10.0 Å². The second-order valence-electron chi connectivity index (χ2n) is 3.09. The monoisotopic (exact) mass is 209 g/mol. The zero-order chi connectivity index (χ0) is 11.4. The number of aromatic hydroxyl groups is 1. The molecule has 0 radical (unpaired) electrons. The Balaban J connectivity index is 3.05. The molecule has 6 heteroatoms.